The molecule has 164 valence electrons. The first-order valence-corrected chi connectivity index (χ1v) is 10.5. The van der Waals surface area contributed by atoms with Gasteiger partial charge < -0.3 is 14.6 Å². The number of Topliss-reactive ketones (excluding diaryl/α,β-unsaturated/α-hetero) is 1. The largest absolute Gasteiger partial charge is 0.503 e. The van der Waals surface area contributed by atoms with E-state index in [2.05, 4.69) is 0 Å². The van der Waals surface area contributed by atoms with Gasteiger partial charge in [0.05, 0.1) is 24.8 Å². The van der Waals surface area contributed by atoms with Gasteiger partial charge in [0.25, 0.3) is 5.91 Å². The minimum atomic E-state index is -0.770. The number of benzene rings is 2. The Labute approximate surface area is 183 Å². The Bertz CT molecular complexity index is 1000. The minimum Gasteiger partial charge on any atom is -0.503 e. The molecule has 1 amide bonds. The molecule has 0 saturated carbocycles. The molecule has 1 aliphatic heterocycles. The Kier molecular flexibility index (Phi) is 6.39. The van der Waals surface area contributed by atoms with Crippen molar-refractivity contribution in [3.8, 4) is 11.5 Å². The summed E-state index contributed by atoms with van der Waals surface area (Å²) in [6.07, 6.45) is 0. The summed E-state index contributed by atoms with van der Waals surface area (Å²) in [5.41, 5.74) is 0.571. The first kappa shape index (κ1) is 22.4. The summed E-state index contributed by atoms with van der Waals surface area (Å²) < 4.78 is 11.1. The summed E-state index contributed by atoms with van der Waals surface area (Å²) in [5.74, 6) is -0.0909. The molecule has 0 spiro atoms. The lowest BCUT2D eigenvalue weighted by Crippen LogP contribution is -2.32. The molecule has 1 unspecified atom stereocenters. The monoisotopic (exact) mass is 423 g/mol. The summed E-state index contributed by atoms with van der Waals surface area (Å²) in [4.78, 5) is 27.9. The predicted molar refractivity (Wildman–Crippen MR) is 120 cm³/mol. The van der Waals surface area contributed by atoms with Gasteiger partial charge in [0.1, 0.15) is 11.5 Å². The molecule has 1 atom stereocenters. The van der Waals surface area contributed by atoms with Crippen molar-refractivity contribution in [2.24, 2.45) is 5.41 Å². The molecule has 0 saturated heterocycles. The van der Waals surface area contributed by atoms with Crippen molar-refractivity contribution in [2.75, 3.05) is 18.1 Å². The highest BCUT2D eigenvalue weighted by Crippen LogP contribution is 2.44. The van der Waals surface area contributed by atoms with Crippen molar-refractivity contribution >= 4 is 17.4 Å². The Hall–Kier alpha value is -3.28. The van der Waals surface area contributed by atoms with Gasteiger partial charge >= 0.3 is 0 Å². The molecular weight excluding hydrogens is 394 g/mol. The second kappa shape index (κ2) is 8.84. The van der Waals surface area contributed by atoms with Crippen LogP contribution in [0, 0.1) is 5.41 Å². The fourth-order valence-corrected chi connectivity index (χ4v) is 3.63. The molecule has 2 aromatic carbocycles. The van der Waals surface area contributed by atoms with Gasteiger partial charge in [-0.25, -0.2) is 0 Å². The van der Waals surface area contributed by atoms with E-state index in [0.29, 0.717) is 36.0 Å². The topological polar surface area (TPSA) is 76.1 Å². The number of nitrogens with zero attached hydrogens (tertiary/aromatic N) is 1. The van der Waals surface area contributed by atoms with Gasteiger partial charge in [-0.15, -0.1) is 0 Å². The van der Waals surface area contributed by atoms with Gasteiger partial charge in [0.2, 0.25) is 0 Å². The number of aliphatic hydroxyl groups excluding tert-OH is 1. The van der Waals surface area contributed by atoms with E-state index >= 15 is 0 Å². The molecule has 0 aliphatic carbocycles. The summed E-state index contributed by atoms with van der Waals surface area (Å²) in [7, 11) is 0. The van der Waals surface area contributed by atoms with E-state index in [1.165, 1.54) is 4.90 Å². The van der Waals surface area contributed by atoms with Crippen LogP contribution in [0.3, 0.4) is 0 Å². The van der Waals surface area contributed by atoms with Crippen molar-refractivity contribution in [2.45, 2.75) is 40.7 Å². The highest BCUT2D eigenvalue weighted by Gasteiger charge is 2.46. The van der Waals surface area contributed by atoms with Crippen LogP contribution in [-0.2, 0) is 9.59 Å². The Balaban J connectivity index is 2.14. The summed E-state index contributed by atoms with van der Waals surface area (Å²) >= 11 is 0. The third-order valence-electron chi connectivity index (χ3n) is 5.04. The van der Waals surface area contributed by atoms with Crippen LogP contribution >= 0.6 is 0 Å². The highest BCUT2D eigenvalue weighted by molar-refractivity contribution is 6.17. The second-order valence-electron chi connectivity index (χ2n) is 8.35. The van der Waals surface area contributed by atoms with Gasteiger partial charge in [-0.1, -0.05) is 32.9 Å². The summed E-state index contributed by atoms with van der Waals surface area (Å²) in [6.45, 7) is 10.1. The lowest BCUT2D eigenvalue weighted by atomic mass is 9.82. The maximum Gasteiger partial charge on any atom is 0.294 e. The average Bonchev–Trinajstić information content (AvgIpc) is 2.99. The van der Waals surface area contributed by atoms with Crippen LogP contribution in [0.4, 0.5) is 5.69 Å². The van der Waals surface area contributed by atoms with Gasteiger partial charge in [0.15, 0.2) is 11.5 Å². The second-order valence-corrected chi connectivity index (χ2v) is 8.35. The number of ether oxygens (including phenoxy) is 2. The molecule has 1 heterocycles. The molecule has 6 nitrogen and oxygen atoms in total. The molecule has 1 N–H and O–H groups in total. The van der Waals surface area contributed by atoms with Crippen LogP contribution in [0.1, 0.15) is 46.2 Å². The van der Waals surface area contributed by atoms with Crippen LogP contribution in [-0.4, -0.2) is 30.0 Å². The van der Waals surface area contributed by atoms with Crippen molar-refractivity contribution in [1.29, 1.82) is 0 Å². The van der Waals surface area contributed by atoms with Gasteiger partial charge in [-0.2, -0.15) is 0 Å². The van der Waals surface area contributed by atoms with Gasteiger partial charge in [0, 0.05) is 11.1 Å². The van der Waals surface area contributed by atoms with E-state index in [0.717, 1.165) is 0 Å². The number of ketones is 1. The number of aliphatic hydroxyl groups is 1. The van der Waals surface area contributed by atoms with Crippen LogP contribution < -0.4 is 14.4 Å². The number of amides is 1. The van der Waals surface area contributed by atoms with Crippen molar-refractivity contribution in [1.82, 2.24) is 0 Å². The summed E-state index contributed by atoms with van der Waals surface area (Å²) in [6, 6.07) is 13.5. The smallest absolute Gasteiger partial charge is 0.294 e. The van der Waals surface area contributed by atoms with Gasteiger partial charge in [-0.3, -0.25) is 14.5 Å². The van der Waals surface area contributed by atoms with E-state index in [1.54, 1.807) is 51.1 Å². The zero-order valence-corrected chi connectivity index (χ0v) is 18.6. The molecule has 2 aromatic rings. The number of rotatable bonds is 7. The standard InChI is InChI=1S/C25H29NO5/c1-6-30-18-13-11-17(12-14-18)26-21(16-9-8-10-19(15-16)31-7-2)20(22(27)24(26)29)23(28)25(3,4)5/h8-15,21,27H,6-7H2,1-5H3. The lowest BCUT2D eigenvalue weighted by Gasteiger charge is -2.29. The average molecular weight is 424 g/mol. The normalized spacial score (nSPS) is 16.6. The van der Waals surface area contributed by atoms with Crippen molar-refractivity contribution < 1.29 is 24.2 Å². The molecule has 0 bridgehead atoms. The quantitative estimate of drug-likeness (QED) is 0.678. The fourth-order valence-electron chi connectivity index (χ4n) is 3.63. The Morgan fingerprint density at radius 2 is 1.61 bits per heavy atom. The molecule has 0 fully saturated rings. The zero-order chi connectivity index (χ0) is 22.8. The van der Waals surface area contributed by atoms with Crippen LogP contribution in [0.25, 0.3) is 0 Å². The maximum atomic E-state index is 13.3. The van der Waals surface area contributed by atoms with Gasteiger partial charge in [-0.05, 0) is 55.8 Å². The van der Waals surface area contributed by atoms with Crippen molar-refractivity contribution in [3.63, 3.8) is 0 Å². The van der Waals surface area contributed by atoms with Crippen LogP contribution in [0.2, 0.25) is 0 Å². The number of hydrogen-bond acceptors (Lipinski definition) is 5. The highest BCUT2D eigenvalue weighted by atomic mass is 16.5. The number of anilines is 1. The molecule has 0 radical (unpaired) electrons. The van der Waals surface area contributed by atoms with Crippen LogP contribution in [0.15, 0.2) is 59.9 Å². The van der Waals surface area contributed by atoms with Crippen molar-refractivity contribution in [3.05, 3.63) is 65.4 Å². The Morgan fingerprint density at radius 1 is 1.00 bits per heavy atom. The predicted octanol–water partition coefficient (Wildman–Crippen LogP) is 5.00. The van der Waals surface area contributed by atoms with E-state index < -0.39 is 23.1 Å². The Morgan fingerprint density at radius 3 is 2.19 bits per heavy atom. The molecular formula is C25H29NO5. The minimum absolute atomic E-state index is 0.0973. The zero-order valence-electron chi connectivity index (χ0n) is 18.6. The van der Waals surface area contributed by atoms with E-state index in [4.69, 9.17) is 9.47 Å². The fraction of sp³-hybridized carbons (Fsp3) is 0.360. The first-order chi connectivity index (χ1) is 14.7. The van der Waals surface area contributed by atoms with E-state index in [9.17, 15) is 14.7 Å². The molecule has 6 heteroatoms. The summed E-state index contributed by atoms with van der Waals surface area (Å²) in [5, 5.41) is 10.8. The molecule has 1 aliphatic rings. The number of carbonyl (C=O) groups excluding carboxylic acids is 2. The molecule has 3 rings (SSSR count). The van der Waals surface area contributed by atoms with E-state index in [1.807, 2.05) is 32.0 Å². The van der Waals surface area contributed by atoms with E-state index in [-0.39, 0.29) is 11.4 Å². The first-order valence-electron chi connectivity index (χ1n) is 10.5. The number of hydrogen-bond donors (Lipinski definition) is 1. The third kappa shape index (κ3) is 4.43. The number of carbonyl (C=O) groups is 2. The third-order valence-corrected chi connectivity index (χ3v) is 5.04. The van der Waals surface area contributed by atoms with Crippen LogP contribution in [0.5, 0.6) is 11.5 Å². The molecule has 0 aromatic heterocycles. The lowest BCUT2D eigenvalue weighted by molar-refractivity contribution is -0.123. The molecule has 31 heavy (non-hydrogen) atoms. The SMILES string of the molecule is CCOc1ccc(N2C(=O)C(O)=C(C(=O)C(C)(C)C)C2c2cccc(OCC)c2)cc1. The maximum absolute atomic E-state index is 13.3.